The van der Waals surface area contributed by atoms with Crippen molar-refractivity contribution in [2.75, 3.05) is 11.9 Å². The second-order valence-corrected chi connectivity index (χ2v) is 5.58. The molecule has 1 N–H and O–H groups in total. The van der Waals surface area contributed by atoms with Gasteiger partial charge in [-0.2, -0.15) is 0 Å². The van der Waals surface area contributed by atoms with Gasteiger partial charge in [-0.1, -0.05) is 28.1 Å². The molecule has 4 nitrogen and oxygen atoms in total. The molecule has 0 saturated carbocycles. The van der Waals surface area contributed by atoms with E-state index in [9.17, 15) is 18.4 Å². The van der Waals surface area contributed by atoms with Gasteiger partial charge in [0.1, 0.15) is 11.6 Å². The number of rotatable bonds is 5. The van der Waals surface area contributed by atoms with E-state index in [-0.39, 0.29) is 5.69 Å². The van der Waals surface area contributed by atoms with Crippen LogP contribution < -0.4 is 5.32 Å². The van der Waals surface area contributed by atoms with Crippen LogP contribution in [-0.4, -0.2) is 18.5 Å². The minimum atomic E-state index is -0.773. The third kappa shape index (κ3) is 5.58. The molecule has 0 fully saturated rings. The number of halogens is 3. The number of esters is 1. The molecular weight excluding hydrogens is 384 g/mol. The van der Waals surface area contributed by atoms with Crippen molar-refractivity contribution in [3.05, 3.63) is 70.2 Å². The SMILES string of the molecule is O=C(COC(=O)/C=C/c1cccc(F)c1)Nc1ccc(Br)cc1F. The van der Waals surface area contributed by atoms with Gasteiger partial charge in [0.25, 0.3) is 5.91 Å². The smallest absolute Gasteiger partial charge is 0.331 e. The van der Waals surface area contributed by atoms with E-state index in [1.165, 1.54) is 36.4 Å². The molecule has 0 aromatic heterocycles. The standard InChI is InChI=1S/C17H12BrF2NO3/c18-12-5-6-15(14(20)9-12)21-16(22)10-24-17(23)7-4-11-2-1-3-13(19)8-11/h1-9H,10H2,(H,21,22)/b7-4+. The summed E-state index contributed by atoms with van der Waals surface area (Å²) in [6, 6.07) is 9.77. The van der Waals surface area contributed by atoms with Crippen molar-refractivity contribution in [1.82, 2.24) is 0 Å². The molecule has 0 aliphatic rings. The fourth-order valence-electron chi connectivity index (χ4n) is 1.74. The van der Waals surface area contributed by atoms with Crippen molar-refractivity contribution in [3.8, 4) is 0 Å². The number of carbonyl (C=O) groups excluding carboxylic acids is 2. The van der Waals surface area contributed by atoms with Crippen LogP contribution in [-0.2, 0) is 14.3 Å². The molecule has 7 heteroatoms. The van der Waals surface area contributed by atoms with E-state index in [1.54, 1.807) is 12.1 Å². The first-order valence-corrected chi connectivity index (χ1v) is 7.58. The van der Waals surface area contributed by atoms with Gasteiger partial charge < -0.3 is 10.1 Å². The Morgan fingerprint density at radius 3 is 2.67 bits per heavy atom. The lowest BCUT2D eigenvalue weighted by atomic mass is 10.2. The average molecular weight is 396 g/mol. The maximum atomic E-state index is 13.6. The molecule has 2 rings (SSSR count). The van der Waals surface area contributed by atoms with Crippen LogP contribution in [0.2, 0.25) is 0 Å². The number of benzene rings is 2. The summed E-state index contributed by atoms with van der Waals surface area (Å²) >= 11 is 3.10. The van der Waals surface area contributed by atoms with Crippen LogP contribution in [0.25, 0.3) is 6.08 Å². The summed E-state index contributed by atoms with van der Waals surface area (Å²) in [4.78, 5) is 23.1. The van der Waals surface area contributed by atoms with Gasteiger partial charge in [-0.05, 0) is 42.0 Å². The van der Waals surface area contributed by atoms with Crippen LogP contribution in [0, 0.1) is 11.6 Å². The lowest BCUT2D eigenvalue weighted by Gasteiger charge is -2.06. The predicted octanol–water partition coefficient (Wildman–Crippen LogP) is 3.92. The van der Waals surface area contributed by atoms with E-state index >= 15 is 0 Å². The Kier molecular flexibility index (Phi) is 6.20. The number of ether oxygens (including phenoxy) is 1. The molecule has 0 unspecified atom stereocenters. The quantitative estimate of drug-likeness (QED) is 0.616. The second-order valence-electron chi connectivity index (χ2n) is 4.67. The number of hydrogen-bond acceptors (Lipinski definition) is 3. The number of hydrogen-bond donors (Lipinski definition) is 1. The summed E-state index contributed by atoms with van der Waals surface area (Å²) in [6.45, 7) is -0.568. The molecule has 2 aromatic rings. The molecule has 24 heavy (non-hydrogen) atoms. The van der Waals surface area contributed by atoms with E-state index < -0.39 is 30.1 Å². The lowest BCUT2D eigenvalue weighted by molar-refractivity contribution is -0.142. The van der Waals surface area contributed by atoms with E-state index in [2.05, 4.69) is 21.2 Å². The maximum absolute atomic E-state index is 13.6. The molecule has 0 heterocycles. The first-order valence-electron chi connectivity index (χ1n) is 6.79. The Bertz CT molecular complexity index is 793. The summed E-state index contributed by atoms with van der Waals surface area (Å²) in [5.41, 5.74) is 0.461. The summed E-state index contributed by atoms with van der Waals surface area (Å²) in [5.74, 6) is -2.49. The van der Waals surface area contributed by atoms with Crippen LogP contribution in [0.15, 0.2) is 53.0 Å². The number of amides is 1. The normalized spacial score (nSPS) is 10.6. The van der Waals surface area contributed by atoms with Crippen LogP contribution in [0.3, 0.4) is 0 Å². The largest absolute Gasteiger partial charge is 0.452 e. The Labute approximate surface area is 145 Å². The zero-order chi connectivity index (χ0) is 17.5. The number of nitrogens with one attached hydrogen (secondary N) is 1. The van der Waals surface area contributed by atoms with Gasteiger partial charge in [-0.25, -0.2) is 13.6 Å². The molecular formula is C17H12BrF2NO3. The summed E-state index contributed by atoms with van der Waals surface area (Å²) < 4.78 is 31.8. The van der Waals surface area contributed by atoms with Crippen molar-refractivity contribution < 1.29 is 23.1 Å². The molecule has 0 spiro atoms. The van der Waals surface area contributed by atoms with Crippen molar-refractivity contribution in [2.24, 2.45) is 0 Å². The topological polar surface area (TPSA) is 55.4 Å². The van der Waals surface area contributed by atoms with Gasteiger partial charge >= 0.3 is 5.97 Å². The predicted molar refractivity (Wildman–Crippen MR) is 89.1 cm³/mol. The number of carbonyl (C=O) groups is 2. The van der Waals surface area contributed by atoms with Crippen molar-refractivity contribution >= 4 is 39.6 Å². The zero-order valence-corrected chi connectivity index (χ0v) is 13.8. The zero-order valence-electron chi connectivity index (χ0n) is 12.3. The Balaban J connectivity index is 1.83. The Morgan fingerprint density at radius 1 is 1.17 bits per heavy atom. The fraction of sp³-hybridized carbons (Fsp3) is 0.0588. The highest BCUT2D eigenvalue weighted by molar-refractivity contribution is 9.10. The average Bonchev–Trinajstić information content (AvgIpc) is 2.54. The highest BCUT2D eigenvalue weighted by Crippen LogP contribution is 2.19. The fourth-order valence-corrected chi connectivity index (χ4v) is 2.07. The molecule has 2 aromatic carbocycles. The van der Waals surface area contributed by atoms with E-state index in [4.69, 9.17) is 4.74 Å². The molecule has 1 amide bonds. The molecule has 0 aliphatic heterocycles. The molecule has 0 saturated heterocycles. The van der Waals surface area contributed by atoms with Crippen molar-refractivity contribution in [3.63, 3.8) is 0 Å². The highest BCUT2D eigenvalue weighted by atomic mass is 79.9. The maximum Gasteiger partial charge on any atom is 0.331 e. The minimum absolute atomic E-state index is 0.0189. The molecule has 124 valence electrons. The lowest BCUT2D eigenvalue weighted by Crippen LogP contribution is -2.20. The summed E-state index contributed by atoms with van der Waals surface area (Å²) in [6.07, 6.45) is 2.43. The van der Waals surface area contributed by atoms with Gasteiger partial charge in [-0.3, -0.25) is 4.79 Å². The first kappa shape index (κ1) is 17.8. The monoisotopic (exact) mass is 395 g/mol. The highest BCUT2D eigenvalue weighted by Gasteiger charge is 2.09. The Morgan fingerprint density at radius 2 is 1.96 bits per heavy atom. The van der Waals surface area contributed by atoms with Gasteiger partial charge in [0.05, 0.1) is 5.69 Å². The van der Waals surface area contributed by atoms with E-state index in [1.807, 2.05) is 0 Å². The van der Waals surface area contributed by atoms with E-state index in [0.29, 0.717) is 10.0 Å². The Hall–Kier alpha value is -2.54. The summed E-state index contributed by atoms with van der Waals surface area (Å²) in [5, 5.41) is 2.29. The molecule has 0 bridgehead atoms. The van der Waals surface area contributed by atoms with Crippen LogP contribution in [0.5, 0.6) is 0 Å². The van der Waals surface area contributed by atoms with Gasteiger partial charge in [0.15, 0.2) is 6.61 Å². The molecule has 0 aliphatic carbocycles. The molecule has 0 radical (unpaired) electrons. The van der Waals surface area contributed by atoms with Crippen molar-refractivity contribution in [1.29, 1.82) is 0 Å². The third-order valence-corrected chi connectivity index (χ3v) is 3.30. The van der Waals surface area contributed by atoms with Gasteiger partial charge in [0, 0.05) is 10.5 Å². The van der Waals surface area contributed by atoms with Crippen molar-refractivity contribution in [2.45, 2.75) is 0 Å². The third-order valence-electron chi connectivity index (χ3n) is 2.81. The van der Waals surface area contributed by atoms with Crippen LogP contribution in [0.1, 0.15) is 5.56 Å². The van der Waals surface area contributed by atoms with Gasteiger partial charge in [-0.15, -0.1) is 0 Å². The summed E-state index contributed by atoms with van der Waals surface area (Å²) in [7, 11) is 0. The van der Waals surface area contributed by atoms with Crippen LogP contribution >= 0.6 is 15.9 Å². The molecule has 0 atom stereocenters. The first-order chi connectivity index (χ1) is 11.4. The van der Waals surface area contributed by atoms with Gasteiger partial charge in [0.2, 0.25) is 0 Å². The van der Waals surface area contributed by atoms with E-state index in [0.717, 1.165) is 6.08 Å². The van der Waals surface area contributed by atoms with Crippen LogP contribution in [0.4, 0.5) is 14.5 Å². The number of anilines is 1. The minimum Gasteiger partial charge on any atom is -0.452 e. The second kappa shape index (κ2) is 8.35.